The lowest BCUT2D eigenvalue weighted by molar-refractivity contribution is -0.130. The minimum atomic E-state index is -0.214. The van der Waals surface area contributed by atoms with Crippen molar-refractivity contribution in [2.75, 3.05) is 68.5 Å². The molecular formula is C29H40N8O3. The van der Waals surface area contributed by atoms with E-state index in [4.69, 9.17) is 0 Å². The van der Waals surface area contributed by atoms with Gasteiger partial charge in [-0.2, -0.15) is 4.98 Å². The molecule has 5 rings (SSSR count). The van der Waals surface area contributed by atoms with Crippen molar-refractivity contribution in [2.24, 2.45) is 0 Å². The van der Waals surface area contributed by atoms with Gasteiger partial charge >= 0.3 is 6.03 Å². The summed E-state index contributed by atoms with van der Waals surface area (Å²) in [6.07, 6.45) is 6.03. The van der Waals surface area contributed by atoms with Gasteiger partial charge in [-0.1, -0.05) is 6.58 Å². The predicted molar refractivity (Wildman–Crippen MR) is 156 cm³/mol. The van der Waals surface area contributed by atoms with Crippen LogP contribution in [0.4, 0.5) is 27.9 Å². The van der Waals surface area contributed by atoms with Gasteiger partial charge in [-0.3, -0.25) is 9.69 Å². The number of hydrogen-bond acceptors (Lipinski definition) is 8. The molecule has 0 unspecified atom stereocenters. The van der Waals surface area contributed by atoms with E-state index in [1.54, 1.807) is 23.0 Å². The lowest BCUT2D eigenvalue weighted by atomic mass is 9.96. The van der Waals surface area contributed by atoms with Gasteiger partial charge in [0.2, 0.25) is 11.9 Å². The zero-order valence-electron chi connectivity index (χ0n) is 23.5. The fraction of sp³-hybridized carbons (Fsp3) is 0.517. The number of carbonyl (C=O) groups is 2. The van der Waals surface area contributed by atoms with Crippen LogP contribution in [0.3, 0.4) is 0 Å². The van der Waals surface area contributed by atoms with Gasteiger partial charge in [-0.25, -0.2) is 9.78 Å². The standard InChI is InChI=1S/C29H40N8O3/c1-4-26(39)36-13-12-24(6-5-7-25(36)20-38)37-19-21-18-30-28(32-27(21)34(3)29(37)40)31-22-8-10-23(11-9-22)35-16-14-33(2)15-17-35/h4,8-11,18,24-25,38H,1,5-7,12-17,19-20H2,2-3H3,(H,30,31,32)/t24-,25-/m1/s1. The minimum absolute atomic E-state index is 0.0283. The molecule has 2 N–H and O–H groups in total. The molecule has 2 fully saturated rings. The summed E-state index contributed by atoms with van der Waals surface area (Å²) in [7, 11) is 3.89. The molecule has 3 aliphatic rings. The third-order valence-electron chi connectivity index (χ3n) is 8.35. The number of anilines is 4. The van der Waals surface area contributed by atoms with E-state index < -0.39 is 0 Å². The molecule has 0 radical (unpaired) electrons. The predicted octanol–water partition coefficient (Wildman–Crippen LogP) is 2.66. The molecule has 0 spiro atoms. The first-order valence-electron chi connectivity index (χ1n) is 14.1. The summed E-state index contributed by atoms with van der Waals surface area (Å²) in [4.78, 5) is 45.0. The number of fused-ring (bicyclic) bond motifs is 1. The molecule has 3 amide bonds. The monoisotopic (exact) mass is 548 g/mol. The SMILES string of the molecule is C=CC(=O)N1CC[C@H](N2Cc3cnc(Nc4ccc(N5CCN(C)CC5)cc4)nc3N(C)C2=O)CCC[C@@H]1CO. The van der Waals surface area contributed by atoms with Crippen LogP contribution in [0.25, 0.3) is 0 Å². The Hall–Kier alpha value is -3.70. The molecular weight excluding hydrogens is 508 g/mol. The number of likely N-dealkylation sites (tertiary alicyclic amines) is 1. The number of rotatable bonds is 6. The van der Waals surface area contributed by atoms with E-state index in [1.807, 2.05) is 17.0 Å². The van der Waals surface area contributed by atoms with Crippen molar-refractivity contribution in [2.45, 2.75) is 44.3 Å². The van der Waals surface area contributed by atoms with Gasteiger partial charge in [-0.15, -0.1) is 0 Å². The van der Waals surface area contributed by atoms with Crippen LogP contribution in [-0.4, -0.2) is 107 Å². The summed E-state index contributed by atoms with van der Waals surface area (Å²) in [6.45, 7) is 8.58. The maximum atomic E-state index is 13.5. The van der Waals surface area contributed by atoms with Crippen molar-refractivity contribution in [1.82, 2.24) is 24.7 Å². The lowest BCUT2D eigenvalue weighted by Crippen LogP contribution is -2.52. The second-order valence-corrected chi connectivity index (χ2v) is 10.9. The number of amides is 3. The van der Waals surface area contributed by atoms with Crippen LogP contribution in [0.5, 0.6) is 0 Å². The number of urea groups is 1. The lowest BCUT2D eigenvalue weighted by Gasteiger charge is -2.41. The Morgan fingerprint density at radius 3 is 2.55 bits per heavy atom. The van der Waals surface area contributed by atoms with Crippen LogP contribution < -0.4 is 15.1 Å². The molecule has 11 heteroatoms. The number of piperazine rings is 1. The number of nitrogens with zero attached hydrogens (tertiary/aromatic N) is 7. The van der Waals surface area contributed by atoms with Crippen molar-refractivity contribution in [3.63, 3.8) is 0 Å². The Labute approximate surface area is 236 Å². The van der Waals surface area contributed by atoms with Crippen LogP contribution in [-0.2, 0) is 11.3 Å². The topological polar surface area (TPSA) is 108 Å². The first-order valence-corrected chi connectivity index (χ1v) is 14.1. The highest BCUT2D eigenvalue weighted by Crippen LogP contribution is 2.31. The molecule has 0 bridgehead atoms. The smallest absolute Gasteiger partial charge is 0.325 e. The largest absolute Gasteiger partial charge is 0.394 e. The number of nitrogens with one attached hydrogen (secondary N) is 1. The molecule has 0 aliphatic carbocycles. The highest BCUT2D eigenvalue weighted by molar-refractivity contribution is 5.93. The van der Waals surface area contributed by atoms with Crippen LogP contribution in [0.1, 0.15) is 31.2 Å². The van der Waals surface area contributed by atoms with Gasteiger partial charge in [-0.05, 0) is 63.1 Å². The van der Waals surface area contributed by atoms with Gasteiger partial charge in [0, 0.05) is 68.9 Å². The summed E-state index contributed by atoms with van der Waals surface area (Å²) in [6, 6.07) is 7.93. The maximum absolute atomic E-state index is 13.5. The number of aromatic nitrogens is 2. The summed E-state index contributed by atoms with van der Waals surface area (Å²) >= 11 is 0. The second kappa shape index (κ2) is 12.2. The van der Waals surface area contributed by atoms with Crippen LogP contribution >= 0.6 is 0 Å². The van der Waals surface area contributed by atoms with E-state index in [0.717, 1.165) is 50.3 Å². The van der Waals surface area contributed by atoms with E-state index in [2.05, 4.69) is 50.8 Å². The first-order chi connectivity index (χ1) is 19.4. The van der Waals surface area contributed by atoms with Gasteiger partial charge in [0.15, 0.2) is 0 Å². The Morgan fingerprint density at radius 1 is 1.10 bits per heavy atom. The zero-order chi connectivity index (χ0) is 28.2. The molecule has 40 heavy (non-hydrogen) atoms. The van der Waals surface area contributed by atoms with Gasteiger partial charge in [0.1, 0.15) is 5.82 Å². The summed E-state index contributed by atoms with van der Waals surface area (Å²) < 4.78 is 0. The molecule has 1 aromatic carbocycles. The normalized spacial score (nSPS) is 22.4. The minimum Gasteiger partial charge on any atom is -0.394 e. The van der Waals surface area contributed by atoms with Crippen molar-refractivity contribution in [1.29, 1.82) is 0 Å². The molecule has 0 saturated carbocycles. The number of aliphatic hydroxyl groups excluding tert-OH is 1. The van der Waals surface area contributed by atoms with Crippen molar-refractivity contribution in [3.05, 3.63) is 48.7 Å². The Morgan fingerprint density at radius 2 is 1.85 bits per heavy atom. The second-order valence-electron chi connectivity index (χ2n) is 10.9. The average Bonchev–Trinajstić information content (AvgIpc) is 2.96. The van der Waals surface area contributed by atoms with Crippen molar-refractivity contribution in [3.8, 4) is 0 Å². The molecule has 4 heterocycles. The molecule has 3 aliphatic heterocycles. The number of carbonyl (C=O) groups excluding carboxylic acids is 2. The Balaban J connectivity index is 1.26. The van der Waals surface area contributed by atoms with Crippen molar-refractivity contribution < 1.29 is 14.7 Å². The van der Waals surface area contributed by atoms with E-state index >= 15 is 0 Å². The third-order valence-corrected chi connectivity index (χ3v) is 8.35. The zero-order valence-corrected chi connectivity index (χ0v) is 23.5. The molecule has 2 atom stereocenters. The number of likely N-dealkylation sites (N-methyl/N-ethyl adjacent to an activating group) is 1. The fourth-order valence-corrected chi connectivity index (χ4v) is 5.90. The number of benzene rings is 1. The van der Waals surface area contributed by atoms with E-state index in [9.17, 15) is 14.7 Å². The van der Waals surface area contributed by atoms with Crippen LogP contribution in [0, 0.1) is 0 Å². The van der Waals surface area contributed by atoms with Gasteiger partial charge in [0.25, 0.3) is 0 Å². The molecule has 11 nitrogen and oxygen atoms in total. The van der Waals surface area contributed by atoms with E-state index in [1.165, 1.54) is 11.8 Å². The van der Waals surface area contributed by atoms with Gasteiger partial charge < -0.3 is 30.0 Å². The quantitative estimate of drug-likeness (QED) is 0.531. The Kier molecular flexibility index (Phi) is 8.51. The van der Waals surface area contributed by atoms with E-state index in [0.29, 0.717) is 37.7 Å². The third kappa shape index (κ3) is 5.90. The molecule has 214 valence electrons. The maximum Gasteiger partial charge on any atom is 0.325 e. The van der Waals surface area contributed by atoms with E-state index in [-0.39, 0.29) is 30.6 Å². The van der Waals surface area contributed by atoms with Crippen LogP contribution in [0.15, 0.2) is 43.1 Å². The molecule has 1 aromatic heterocycles. The highest BCUT2D eigenvalue weighted by atomic mass is 16.3. The summed E-state index contributed by atoms with van der Waals surface area (Å²) in [5.41, 5.74) is 2.97. The summed E-state index contributed by atoms with van der Waals surface area (Å²) in [5, 5.41) is 13.1. The molecule has 2 aromatic rings. The van der Waals surface area contributed by atoms with Gasteiger partial charge in [0.05, 0.1) is 19.2 Å². The number of aliphatic hydroxyl groups is 1. The molecule has 2 saturated heterocycles. The average molecular weight is 549 g/mol. The van der Waals surface area contributed by atoms with Crippen molar-refractivity contribution >= 4 is 35.1 Å². The highest BCUT2D eigenvalue weighted by Gasteiger charge is 2.36. The Bertz CT molecular complexity index is 1210. The number of hydrogen-bond donors (Lipinski definition) is 2. The first kappa shape index (κ1) is 27.9. The summed E-state index contributed by atoms with van der Waals surface area (Å²) in [5.74, 6) is 0.857. The fourth-order valence-electron chi connectivity index (χ4n) is 5.90. The van der Waals surface area contributed by atoms with Crippen LogP contribution in [0.2, 0.25) is 0 Å².